The average Bonchev–Trinajstić information content (AvgIpc) is 2.64. The van der Waals surface area contributed by atoms with E-state index in [1.807, 2.05) is 19.0 Å². The molecule has 0 aliphatic rings. The Labute approximate surface area is 163 Å². The molecule has 8 heteroatoms. The van der Waals surface area contributed by atoms with Crippen LogP contribution in [-0.2, 0) is 6.54 Å². The Hall–Kier alpha value is -2.64. The number of carbonyl (C=O) groups is 1. The van der Waals surface area contributed by atoms with Gasteiger partial charge in [-0.05, 0) is 43.9 Å². The van der Waals surface area contributed by atoms with Crippen LogP contribution >= 0.6 is 11.6 Å². The van der Waals surface area contributed by atoms with Gasteiger partial charge in [0.05, 0.1) is 4.92 Å². The van der Waals surface area contributed by atoms with Gasteiger partial charge in [-0.1, -0.05) is 29.8 Å². The van der Waals surface area contributed by atoms with E-state index in [1.165, 1.54) is 6.07 Å². The van der Waals surface area contributed by atoms with E-state index in [9.17, 15) is 14.9 Å². The second-order valence-corrected chi connectivity index (χ2v) is 6.90. The Balaban J connectivity index is 2.21. The molecule has 0 aliphatic carbocycles. The maximum atomic E-state index is 12.6. The van der Waals surface area contributed by atoms with E-state index in [0.29, 0.717) is 17.3 Å². The molecule has 0 radical (unpaired) electrons. The lowest BCUT2D eigenvalue weighted by Gasteiger charge is -2.22. The van der Waals surface area contributed by atoms with E-state index >= 15 is 0 Å². The molecule has 2 rings (SSSR count). The number of hydrogen-bond acceptors (Lipinski definition) is 5. The zero-order chi connectivity index (χ0) is 20.0. The summed E-state index contributed by atoms with van der Waals surface area (Å²) in [6.45, 7) is 1.60. The minimum absolute atomic E-state index is 0.0446. The fourth-order valence-electron chi connectivity index (χ4n) is 2.56. The Morgan fingerprint density at radius 2 is 1.78 bits per heavy atom. The van der Waals surface area contributed by atoms with Gasteiger partial charge in [-0.15, -0.1) is 0 Å². The smallest absolute Gasteiger partial charge is 0.305 e. The van der Waals surface area contributed by atoms with Crippen LogP contribution < -0.4 is 10.2 Å². The van der Waals surface area contributed by atoms with Gasteiger partial charge in [-0.2, -0.15) is 0 Å². The number of nitrogens with one attached hydrogen (secondary N) is 1. The van der Waals surface area contributed by atoms with Crippen LogP contribution in [0.4, 0.5) is 11.4 Å². The number of benzene rings is 2. The van der Waals surface area contributed by atoms with Gasteiger partial charge in [-0.25, -0.2) is 0 Å². The summed E-state index contributed by atoms with van der Waals surface area (Å²) in [6.07, 6.45) is 0. The number of anilines is 1. The molecular formula is C19H23ClN4O3. The lowest BCUT2D eigenvalue weighted by molar-refractivity contribution is -0.384. The molecule has 1 amide bonds. The first-order valence-electron chi connectivity index (χ1n) is 8.45. The lowest BCUT2D eigenvalue weighted by Crippen LogP contribution is -2.30. The van der Waals surface area contributed by atoms with Crippen molar-refractivity contribution in [1.82, 2.24) is 10.2 Å². The third-order valence-electron chi connectivity index (χ3n) is 4.10. The fraction of sp³-hybridized carbons (Fsp3) is 0.316. The van der Waals surface area contributed by atoms with Gasteiger partial charge in [0.15, 0.2) is 0 Å². The van der Waals surface area contributed by atoms with Gasteiger partial charge in [0.2, 0.25) is 0 Å². The molecule has 27 heavy (non-hydrogen) atoms. The van der Waals surface area contributed by atoms with Gasteiger partial charge in [0.25, 0.3) is 5.91 Å². The Kier molecular flexibility index (Phi) is 7.15. The first kappa shape index (κ1) is 20.7. The van der Waals surface area contributed by atoms with Crippen molar-refractivity contribution in [3.8, 4) is 0 Å². The molecule has 7 nitrogen and oxygen atoms in total. The van der Waals surface area contributed by atoms with Crippen LogP contribution in [0.5, 0.6) is 0 Å². The monoisotopic (exact) mass is 390 g/mol. The summed E-state index contributed by atoms with van der Waals surface area (Å²) in [5, 5.41) is 15.0. The molecule has 0 heterocycles. The minimum Gasteiger partial charge on any atom is -0.368 e. The molecule has 0 aliphatic heterocycles. The molecule has 1 N–H and O–H groups in total. The van der Waals surface area contributed by atoms with Gasteiger partial charge in [0.1, 0.15) is 11.3 Å². The highest BCUT2D eigenvalue weighted by molar-refractivity contribution is 6.30. The number of carbonyl (C=O) groups excluding carboxylic acids is 1. The number of rotatable bonds is 8. The maximum Gasteiger partial charge on any atom is 0.305 e. The predicted molar refractivity (Wildman–Crippen MR) is 108 cm³/mol. The third-order valence-corrected chi connectivity index (χ3v) is 4.35. The first-order chi connectivity index (χ1) is 12.8. The van der Waals surface area contributed by atoms with Crippen LogP contribution in [0.2, 0.25) is 5.02 Å². The van der Waals surface area contributed by atoms with E-state index in [-0.39, 0.29) is 17.8 Å². The minimum atomic E-state index is -0.501. The van der Waals surface area contributed by atoms with Crippen LogP contribution in [0.15, 0.2) is 42.5 Å². The number of likely N-dealkylation sites (N-methyl/N-ethyl adjacent to an activating group) is 2. The molecule has 0 bridgehead atoms. The lowest BCUT2D eigenvalue weighted by atomic mass is 10.1. The Morgan fingerprint density at radius 1 is 1.11 bits per heavy atom. The van der Waals surface area contributed by atoms with Crippen LogP contribution in [0.1, 0.15) is 15.9 Å². The Bertz CT molecular complexity index is 809. The molecular weight excluding hydrogens is 368 g/mol. The summed E-state index contributed by atoms with van der Waals surface area (Å²) in [5.74, 6) is -0.487. The van der Waals surface area contributed by atoms with E-state index < -0.39 is 10.8 Å². The van der Waals surface area contributed by atoms with E-state index in [1.54, 1.807) is 48.3 Å². The molecule has 0 saturated carbocycles. The predicted octanol–water partition coefficient (Wildman–Crippen LogP) is 3.18. The van der Waals surface area contributed by atoms with Crippen LogP contribution in [0.25, 0.3) is 0 Å². The van der Waals surface area contributed by atoms with Crippen molar-refractivity contribution in [3.63, 3.8) is 0 Å². The quantitative estimate of drug-likeness (QED) is 0.553. The van der Waals surface area contributed by atoms with Gasteiger partial charge >= 0.3 is 5.69 Å². The Morgan fingerprint density at radius 3 is 2.37 bits per heavy atom. The highest BCUT2D eigenvalue weighted by atomic mass is 35.5. The average molecular weight is 391 g/mol. The molecule has 0 fully saturated rings. The first-order valence-corrected chi connectivity index (χ1v) is 8.83. The topological polar surface area (TPSA) is 78.7 Å². The van der Waals surface area contributed by atoms with Gasteiger partial charge < -0.3 is 15.1 Å². The summed E-state index contributed by atoms with van der Waals surface area (Å²) in [5.41, 5.74) is 1.13. The summed E-state index contributed by atoms with van der Waals surface area (Å²) < 4.78 is 0. The summed E-state index contributed by atoms with van der Waals surface area (Å²) in [6, 6.07) is 11.8. The van der Waals surface area contributed by atoms with Crippen molar-refractivity contribution in [1.29, 1.82) is 0 Å². The number of nitro groups is 1. The summed E-state index contributed by atoms with van der Waals surface area (Å²) in [7, 11) is 5.65. The number of halogens is 1. The molecule has 0 aromatic heterocycles. The van der Waals surface area contributed by atoms with Crippen molar-refractivity contribution in [2.45, 2.75) is 6.54 Å². The van der Waals surface area contributed by atoms with Crippen molar-refractivity contribution in [3.05, 3.63) is 68.7 Å². The van der Waals surface area contributed by atoms with E-state index in [0.717, 1.165) is 12.1 Å². The highest BCUT2D eigenvalue weighted by Gasteiger charge is 2.26. The third kappa shape index (κ3) is 5.67. The van der Waals surface area contributed by atoms with Gasteiger partial charge in [0, 0.05) is 31.7 Å². The fourth-order valence-corrected chi connectivity index (χ4v) is 2.69. The summed E-state index contributed by atoms with van der Waals surface area (Å²) in [4.78, 5) is 27.5. The normalized spacial score (nSPS) is 10.7. The number of hydrogen-bond donors (Lipinski definition) is 1. The van der Waals surface area contributed by atoms with Gasteiger partial charge in [-0.3, -0.25) is 14.9 Å². The van der Waals surface area contributed by atoms with Crippen molar-refractivity contribution in [2.24, 2.45) is 0 Å². The van der Waals surface area contributed by atoms with Crippen molar-refractivity contribution >= 4 is 28.9 Å². The molecule has 2 aromatic carbocycles. The second-order valence-electron chi connectivity index (χ2n) is 6.46. The maximum absolute atomic E-state index is 12.6. The number of nitrogens with zero attached hydrogens (tertiary/aromatic N) is 3. The summed E-state index contributed by atoms with van der Waals surface area (Å²) >= 11 is 5.85. The molecule has 2 aromatic rings. The van der Waals surface area contributed by atoms with Crippen molar-refractivity contribution in [2.75, 3.05) is 39.1 Å². The zero-order valence-corrected chi connectivity index (χ0v) is 16.4. The molecule has 144 valence electrons. The zero-order valence-electron chi connectivity index (χ0n) is 15.6. The number of para-hydroxylation sites is 1. The largest absolute Gasteiger partial charge is 0.368 e. The van der Waals surface area contributed by atoms with E-state index in [4.69, 9.17) is 11.6 Å². The number of nitro benzene ring substituents is 1. The standard InChI is InChI=1S/C19H23ClN4O3/c1-22(2)11-12-23(3)17-6-4-5-16(18(17)24(26)27)19(25)21-13-14-7-9-15(20)10-8-14/h4-10H,11-13H2,1-3H3,(H,21,25). The molecule has 0 atom stereocenters. The van der Waals surface area contributed by atoms with Crippen LogP contribution in [-0.4, -0.2) is 50.0 Å². The highest BCUT2D eigenvalue weighted by Crippen LogP contribution is 2.31. The van der Waals surface area contributed by atoms with Crippen molar-refractivity contribution < 1.29 is 9.72 Å². The van der Waals surface area contributed by atoms with Crippen LogP contribution in [0, 0.1) is 10.1 Å². The van der Waals surface area contributed by atoms with E-state index in [2.05, 4.69) is 5.32 Å². The number of amides is 1. The molecule has 0 saturated heterocycles. The molecule has 0 spiro atoms. The SMILES string of the molecule is CN(C)CCN(C)c1cccc(C(=O)NCc2ccc(Cl)cc2)c1[N+](=O)[O-]. The molecule has 0 unspecified atom stereocenters. The second kappa shape index (κ2) is 9.34. The van der Waals surface area contributed by atoms with Crippen LogP contribution in [0.3, 0.4) is 0 Å².